The van der Waals surface area contributed by atoms with Crippen molar-refractivity contribution < 1.29 is 9.53 Å². The molecule has 0 bridgehead atoms. The van der Waals surface area contributed by atoms with Crippen molar-refractivity contribution in [3.05, 3.63) is 54.9 Å². The molecule has 0 N–H and O–H groups in total. The van der Waals surface area contributed by atoms with Crippen molar-refractivity contribution >= 4 is 35.1 Å². The number of fused-ring (bicyclic) bond motifs is 1. The van der Waals surface area contributed by atoms with Gasteiger partial charge in [0, 0.05) is 22.4 Å². The Morgan fingerprint density at radius 3 is 2.82 bits per heavy atom. The van der Waals surface area contributed by atoms with Crippen molar-refractivity contribution in [3.63, 3.8) is 0 Å². The maximum Gasteiger partial charge on any atom is 0.237 e. The molecule has 2 aromatic carbocycles. The van der Waals surface area contributed by atoms with Crippen LogP contribution in [0.5, 0.6) is 5.75 Å². The molecule has 1 atom stereocenters. The number of methoxy groups -OCH3 is 1. The van der Waals surface area contributed by atoms with Crippen LogP contribution in [0.15, 0.2) is 64.9 Å². The second-order valence-corrected chi connectivity index (χ2v) is 8.79. The summed E-state index contributed by atoms with van der Waals surface area (Å²) in [5, 5.41) is 9.25. The topological polar surface area (TPSA) is 60.2 Å². The van der Waals surface area contributed by atoms with Crippen molar-refractivity contribution in [3.8, 4) is 11.4 Å². The average Bonchev–Trinajstić information content (AvgIpc) is 3.20. The zero-order valence-electron chi connectivity index (χ0n) is 15.6. The lowest BCUT2D eigenvalue weighted by molar-refractivity contribution is -0.116. The lowest BCUT2D eigenvalue weighted by Gasteiger charge is -2.32. The highest BCUT2D eigenvalue weighted by Crippen LogP contribution is 2.38. The number of carbonyl (C=O) groups is 1. The molecule has 1 unspecified atom stereocenters. The van der Waals surface area contributed by atoms with Crippen LogP contribution in [0.3, 0.4) is 0 Å². The summed E-state index contributed by atoms with van der Waals surface area (Å²) in [6.07, 6.45) is 1.66. The minimum absolute atomic E-state index is 0.0777. The summed E-state index contributed by atoms with van der Waals surface area (Å²) in [7, 11) is 1.64. The van der Waals surface area contributed by atoms with Crippen LogP contribution in [-0.4, -0.2) is 45.3 Å². The molecule has 2 heterocycles. The van der Waals surface area contributed by atoms with Crippen LogP contribution in [-0.2, 0) is 4.79 Å². The summed E-state index contributed by atoms with van der Waals surface area (Å²) < 4.78 is 7.08. The van der Waals surface area contributed by atoms with E-state index in [1.54, 1.807) is 13.4 Å². The molecule has 0 aliphatic carbocycles. The Bertz CT molecular complexity index is 974. The van der Waals surface area contributed by atoms with Gasteiger partial charge in [0.2, 0.25) is 5.91 Å². The predicted octanol–water partition coefficient (Wildman–Crippen LogP) is 3.90. The third-order valence-corrected chi connectivity index (χ3v) is 6.50. The molecule has 1 amide bonds. The Labute approximate surface area is 172 Å². The Morgan fingerprint density at radius 2 is 2.04 bits per heavy atom. The van der Waals surface area contributed by atoms with Gasteiger partial charge in [-0.25, -0.2) is 0 Å². The zero-order valence-corrected chi connectivity index (χ0v) is 17.2. The van der Waals surface area contributed by atoms with Crippen LogP contribution >= 0.6 is 23.5 Å². The first-order valence-corrected chi connectivity index (χ1v) is 10.8. The van der Waals surface area contributed by atoms with E-state index in [1.165, 1.54) is 11.8 Å². The van der Waals surface area contributed by atoms with Crippen LogP contribution in [0.2, 0.25) is 0 Å². The smallest absolute Gasteiger partial charge is 0.237 e. The number of amides is 1. The second kappa shape index (κ2) is 8.28. The molecule has 28 heavy (non-hydrogen) atoms. The minimum atomic E-state index is 0.0777. The third kappa shape index (κ3) is 3.88. The highest BCUT2D eigenvalue weighted by molar-refractivity contribution is 8.00. The molecule has 4 rings (SSSR count). The molecule has 6 nitrogen and oxygen atoms in total. The van der Waals surface area contributed by atoms with Gasteiger partial charge in [0.15, 0.2) is 5.16 Å². The third-order valence-electron chi connectivity index (χ3n) is 4.42. The number of para-hydroxylation sites is 1. The van der Waals surface area contributed by atoms with Gasteiger partial charge in [-0.15, -0.1) is 22.0 Å². The quantitative estimate of drug-likeness (QED) is 0.593. The highest BCUT2D eigenvalue weighted by atomic mass is 32.2. The Morgan fingerprint density at radius 1 is 1.25 bits per heavy atom. The van der Waals surface area contributed by atoms with E-state index in [0.29, 0.717) is 22.7 Å². The molecular formula is C20H20N4O2S2. The minimum Gasteiger partial charge on any atom is -0.497 e. The maximum atomic E-state index is 13.0. The number of benzene rings is 2. The zero-order chi connectivity index (χ0) is 19.5. The van der Waals surface area contributed by atoms with Gasteiger partial charge >= 0.3 is 0 Å². The molecule has 0 fully saturated rings. The number of ether oxygens (including phenoxy) is 1. The number of anilines is 1. The number of rotatable bonds is 5. The van der Waals surface area contributed by atoms with Crippen LogP contribution in [0, 0.1) is 0 Å². The summed E-state index contributed by atoms with van der Waals surface area (Å²) in [6, 6.07) is 15.7. The standard InChI is InChI=1S/C20H20N4O2S2/c1-14-11-23(17-5-3-4-6-18(17)28-14)19(25)12-27-20-22-21-13-24(20)15-7-9-16(26-2)10-8-15/h3-10,13-14H,11-12H2,1-2H3. The molecule has 0 saturated heterocycles. The van der Waals surface area contributed by atoms with Crippen molar-refractivity contribution in [2.45, 2.75) is 22.2 Å². The molecule has 3 aromatic rings. The maximum absolute atomic E-state index is 13.0. The number of nitrogens with zero attached hydrogens (tertiary/aromatic N) is 4. The van der Waals surface area contributed by atoms with Gasteiger partial charge in [0.05, 0.1) is 18.6 Å². The SMILES string of the molecule is COc1ccc(-n2cnnc2SCC(=O)N2CC(C)Sc3ccccc32)cc1. The number of hydrogen-bond donors (Lipinski definition) is 0. The molecule has 1 aromatic heterocycles. The predicted molar refractivity (Wildman–Crippen MR) is 113 cm³/mol. The molecule has 1 aliphatic heterocycles. The van der Waals surface area contributed by atoms with Gasteiger partial charge in [-0.05, 0) is 36.4 Å². The number of carbonyl (C=O) groups excluding carboxylic acids is 1. The summed E-state index contributed by atoms with van der Waals surface area (Å²) in [5.74, 6) is 1.17. The van der Waals surface area contributed by atoms with Crippen molar-refractivity contribution in [1.29, 1.82) is 0 Å². The molecule has 0 saturated carbocycles. The van der Waals surface area contributed by atoms with E-state index < -0.39 is 0 Å². The lowest BCUT2D eigenvalue weighted by atomic mass is 10.2. The van der Waals surface area contributed by atoms with Gasteiger partial charge < -0.3 is 9.64 Å². The van der Waals surface area contributed by atoms with E-state index in [2.05, 4.69) is 23.2 Å². The Balaban J connectivity index is 1.48. The molecule has 8 heteroatoms. The number of thioether (sulfide) groups is 2. The first-order valence-electron chi connectivity index (χ1n) is 8.89. The fraction of sp³-hybridized carbons (Fsp3) is 0.250. The highest BCUT2D eigenvalue weighted by Gasteiger charge is 2.27. The van der Waals surface area contributed by atoms with Crippen LogP contribution in [0.25, 0.3) is 5.69 Å². The van der Waals surface area contributed by atoms with Crippen molar-refractivity contribution in [2.24, 2.45) is 0 Å². The van der Waals surface area contributed by atoms with Gasteiger partial charge in [-0.3, -0.25) is 9.36 Å². The molecular weight excluding hydrogens is 392 g/mol. The van der Waals surface area contributed by atoms with Gasteiger partial charge in [0.25, 0.3) is 0 Å². The summed E-state index contributed by atoms with van der Waals surface area (Å²) in [4.78, 5) is 16.0. The molecule has 0 radical (unpaired) electrons. The fourth-order valence-corrected chi connectivity index (χ4v) is 4.99. The van der Waals surface area contributed by atoms with Gasteiger partial charge in [-0.1, -0.05) is 30.8 Å². The first kappa shape index (κ1) is 18.9. The second-order valence-electron chi connectivity index (χ2n) is 6.37. The largest absolute Gasteiger partial charge is 0.497 e. The first-order chi connectivity index (χ1) is 13.7. The van der Waals surface area contributed by atoms with E-state index >= 15 is 0 Å². The van der Waals surface area contributed by atoms with Crippen LogP contribution < -0.4 is 9.64 Å². The normalized spacial score (nSPS) is 15.9. The molecule has 0 spiro atoms. The van der Waals surface area contributed by atoms with E-state index in [0.717, 1.165) is 22.0 Å². The summed E-state index contributed by atoms with van der Waals surface area (Å²) >= 11 is 3.21. The number of hydrogen-bond acceptors (Lipinski definition) is 6. The van der Waals surface area contributed by atoms with Crippen molar-refractivity contribution in [1.82, 2.24) is 14.8 Å². The molecule has 1 aliphatic rings. The van der Waals surface area contributed by atoms with Crippen molar-refractivity contribution in [2.75, 3.05) is 24.3 Å². The van der Waals surface area contributed by atoms with Gasteiger partial charge in [-0.2, -0.15) is 0 Å². The average molecular weight is 413 g/mol. The molecule has 144 valence electrons. The number of aromatic nitrogens is 3. The van der Waals surface area contributed by atoms with Gasteiger partial charge in [0.1, 0.15) is 12.1 Å². The van der Waals surface area contributed by atoms with E-state index in [4.69, 9.17) is 4.74 Å². The van der Waals surface area contributed by atoms with Crippen LogP contribution in [0.4, 0.5) is 5.69 Å². The monoisotopic (exact) mass is 412 g/mol. The van der Waals surface area contributed by atoms with E-state index in [9.17, 15) is 4.79 Å². The summed E-state index contributed by atoms with van der Waals surface area (Å²) in [5.41, 5.74) is 1.92. The van der Waals surface area contributed by atoms with E-state index in [1.807, 2.05) is 63.7 Å². The van der Waals surface area contributed by atoms with Crippen LogP contribution in [0.1, 0.15) is 6.92 Å². The Hall–Kier alpha value is -2.45. The Kier molecular flexibility index (Phi) is 5.59. The fourth-order valence-electron chi connectivity index (χ4n) is 3.07. The van der Waals surface area contributed by atoms with E-state index in [-0.39, 0.29) is 5.91 Å². The lowest BCUT2D eigenvalue weighted by Crippen LogP contribution is -2.39. The summed E-state index contributed by atoms with van der Waals surface area (Å²) in [6.45, 7) is 2.86.